The van der Waals surface area contributed by atoms with Crippen LogP contribution in [0, 0.1) is 12.8 Å². The standard InChI is InChI=1S/C18H28N4O2S/c1-14-10-16-17(21(2)11-15-4-6-23-7-5-15)19-12-20-18(16)22(14)13-24-8-9-25-3/h10,12,15H,4-9,11,13H2,1-3H3. The molecule has 2 aromatic rings. The number of rotatable bonds is 8. The van der Waals surface area contributed by atoms with Crippen molar-refractivity contribution in [3.05, 3.63) is 18.1 Å². The Bertz CT molecular complexity index is 685. The first kappa shape index (κ1) is 18.5. The van der Waals surface area contributed by atoms with Gasteiger partial charge < -0.3 is 18.9 Å². The van der Waals surface area contributed by atoms with Crippen LogP contribution in [0.15, 0.2) is 12.4 Å². The van der Waals surface area contributed by atoms with Crippen LogP contribution in [-0.2, 0) is 16.2 Å². The maximum Gasteiger partial charge on any atom is 0.147 e. The Balaban J connectivity index is 1.77. The molecule has 3 heterocycles. The molecule has 0 amide bonds. The summed E-state index contributed by atoms with van der Waals surface area (Å²) >= 11 is 1.79. The van der Waals surface area contributed by atoms with Gasteiger partial charge in [0, 0.05) is 38.3 Å². The van der Waals surface area contributed by atoms with Gasteiger partial charge in [0.05, 0.1) is 12.0 Å². The van der Waals surface area contributed by atoms with Crippen molar-refractivity contribution in [2.24, 2.45) is 5.92 Å². The van der Waals surface area contributed by atoms with Crippen molar-refractivity contribution >= 4 is 28.6 Å². The molecule has 1 aliphatic rings. The molecule has 3 rings (SSSR count). The Morgan fingerprint density at radius 2 is 2.16 bits per heavy atom. The highest BCUT2D eigenvalue weighted by Crippen LogP contribution is 2.27. The molecule has 2 aromatic heterocycles. The van der Waals surface area contributed by atoms with Gasteiger partial charge in [-0.05, 0) is 38.0 Å². The van der Waals surface area contributed by atoms with Crippen LogP contribution in [0.5, 0.6) is 0 Å². The van der Waals surface area contributed by atoms with E-state index in [1.165, 1.54) is 0 Å². The summed E-state index contributed by atoms with van der Waals surface area (Å²) < 4.78 is 13.4. The van der Waals surface area contributed by atoms with Crippen molar-refractivity contribution in [2.75, 3.05) is 50.3 Å². The van der Waals surface area contributed by atoms with Crippen LogP contribution in [0.1, 0.15) is 18.5 Å². The third kappa shape index (κ3) is 4.46. The average molecular weight is 365 g/mol. The number of ether oxygens (including phenoxy) is 2. The van der Waals surface area contributed by atoms with E-state index in [0.29, 0.717) is 12.6 Å². The van der Waals surface area contributed by atoms with Crippen LogP contribution in [0.3, 0.4) is 0 Å². The first-order valence-corrected chi connectivity index (χ1v) is 10.3. The van der Waals surface area contributed by atoms with E-state index in [4.69, 9.17) is 9.47 Å². The fourth-order valence-corrected chi connectivity index (χ4v) is 3.63. The number of fused-ring (bicyclic) bond motifs is 1. The van der Waals surface area contributed by atoms with Gasteiger partial charge in [-0.25, -0.2) is 9.97 Å². The molecule has 0 saturated carbocycles. The van der Waals surface area contributed by atoms with Crippen LogP contribution in [-0.4, -0.2) is 60.0 Å². The predicted molar refractivity (Wildman–Crippen MR) is 103 cm³/mol. The fraction of sp³-hybridized carbons (Fsp3) is 0.667. The monoisotopic (exact) mass is 364 g/mol. The Hall–Kier alpha value is -1.31. The minimum atomic E-state index is 0.538. The van der Waals surface area contributed by atoms with E-state index in [-0.39, 0.29) is 0 Å². The van der Waals surface area contributed by atoms with Crippen LogP contribution >= 0.6 is 11.8 Å². The Morgan fingerprint density at radius 1 is 1.36 bits per heavy atom. The molecule has 0 bridgehead atoms. The van der Waals surface area contributed by atoms with Crippen molar-refractivity contribution in [2.45, 2.75) is 26.5 Å². The van der Waals surface area contributed by atoms with E-state index < -0.39 is 0 Å². The summed E-state index contributed by atoms with van der Waals surface area (Å²) in [6.45, 7) is 6.14. The van der Waals surface area contributed by atoms with Gasteiger partial charge in [0.1, 0.15) is 24.5 Å². The zero-order valence-corrected chi connectivity index (χ0v) is 16.2. The lowest BCUT2D eigenvalue weighted by Gasteiger charge is -2.28. The van der Waals surface area contributed by atoms with Crippen LogP contribution in [0.25, 0.3) is 11.0 Å². The number of aryl methyl sites for hydroxylation is 1. The van der Waals surface area contributed by atoms with E-state index in [0.717, 1.165) is 67.5 Å². The second-order valence-electron chi connectivity index (χ2n) is 6.61. The maximum absolute atomic E-state index is 5.78. The second-order valence-corrected chi connectivity index (χ2v) is 7.60. The molecule has 0 spiro atoms. The van der Waals surface area contributed by atoms with E-state index >= 15 is 0 Å². The van der Waals surface area contributed by atoms with E-state index in [1.54, 1.807) is 18.1 Å². The van der Waals surface area contributed by atoms with Crippen LogP contribution < -0.4 is 4.90 Å². The van der Waals surface area contributed by atoms with Gasteiger partial charge in [0.2, 0.25) is 0 Å². The lowest BCUT2D eigenvalue weighted by Crippen LogP contribution is -2.30. The fourth-order valence-electron chi connectivity index (χ4n) is 3.34. The summed E-state index contributed by atoms with van der Waals surface area (Å²) in [5, 5.41) is 1.10. The minimum Gasteiger partial charge on any atom is -0.381 e. The van der Waals surface area contributed by atoms with Crippen LogP contribution in [0.2, 0.25) is 0 Å². The molecule has 0 unspecified atom stereocenters. The summed E-state index contributed by atoms with van der Waals surface area (Å²) in [6, 6.07) is 2.17. The molecule has 0 aliphatic carbocycles. The second kappa shape index (κ2) is 8.87. The zero-order valence-electron chi connectivity index (χ0n) is 15.4. The van der Waals surface area contributed by atoms with Crippen LogP contribution in [0.4, 0.5) is 5.82 Å². The summed E-state index contributed by atoms with van der Waals surface area (Å²) in [5.74, 6) is 2.68. The molecule has 25 heavy (non-hydrogen) atoms. The van der Waals surface area contributed by atoms with E-state index in [2.05, 4.69) is 45.7 Å². The summed E-state index contributed by atoms with van der Waals surface area (Å²) in [5.41, 5.74) is 2.10. The number of thioether (sulfide) groups is 1. The SMILES string of the molecule is CSCCOCn1c(C)cc2c(N(C)CC3CCOCC3)ncnc21. The number of nitrogens with zero attached hydrogens (tertiary/aromatic N) is 4. The quantitative estimate of drug-likeness (QED) is 0.671. The highest BCUT2D eigenvalue weighted by molar-refractivity contribution is 7.98. The topological polar surface area (TPSA) is 52.4 Å². The first-order chi connectivity index (χ1) is 12.2. The Morgan fingerprint density at radius 3 is 2.92 bits per heavy atom. The number of anilines is 1. The molecule has 1 fully saturated rings. The lowest BCUT2D eigenvalue weighted by molar-refractivity contribution is 0.0685. The molecule has 6 nitrogen and oxygen atoms in total. The van der Waals surface area contributed by atoms with Gasteiger partial charge in [0.25, 0.3) is 0 Å². The van der Waals surface area contributed by atoms with Crippen molar-refractivity contribution in [3.63, 3.8) is 0 Å². The van der Waals surface area contributed by atoms with Gasteiger partial charge in [-0.3, -0.25) is 0 Å². The number of hydrogen-bond donors (Lipinski definition) is 0. The molecule has 0 radical (unpaired) electrons. The maximum atomic E-state index is 5.78. The van der Waals surface area contributed by atoms with Crippen molar-refractivity contribution in [1.29, 1.82) is 0 Å². The summed E-state index contributed by atoms with van der Waals surface area (Å²) in [6.07, 6.45) is 6.01. The molecule has 7 heteroatoms. The van der Waals surface area contributed by atoms with Gasteiger partial charge >= 0.3 is 0 Å². The molecular formula is C18H28N4O2S. The highest BCUT2D eigenvalue weighted by atomic mass is 32.2. The predicted octanol–water partition coefficient (Wildman–Crippen LogP) is 2.94. The Labute approximate surface area is 153 Å². The molecular weight excluding hydrogens is 336 g/mol. The van der Waals surface area contributed by atoms with Crippen molar-refractivity contribution in [1.82, 2.24) is 14.5 Å². The average Bonchev–Trinajstić information content (AvgIpc) is 2.95. The van der Waals surface area contributed by atoms with Gasteiger partial charge in [0.15, 0.2) is 0 Å². The largest absolute Gasteiger partial charge is 0.381 e. The zero-order chi connectivity index (χ0) is 17.6. The molecule has 1 aliphatic heterocycles. The molecule has 0 N–H and O–H groups in total. The molecule has 138 valence electrons. The summed E-state index contributed by atoms with van der Waals surface area (Å²) in [7, 11) is 2.12. The van der Waals surface area contributed by atoms with E-state index in [1.807, 2.05) is 0 Å². The van der Waals surface area contributed by atoms with Gasteiger partial charge in [-0.1, -0.05) is 0 Å². The van der Waals surface area contributed by atoms with E-state index in [9.17, 15) is 0 Å². The summed E-state index contributed by atoms with van der Waals surface area (Å²) in [4.78, 5) is 11.3. The molecule has 0 aromatic carbocycles. The number of hydrogen-bond acceptors (Lipinski definition) is 6. The third-order valence-electron chi connectivity index (χ3n) is 4.76. The molecule has 1 saturated heterocycles. The minimum absolute atomic E-state index is 0.538. The van der Waals surface area contributed by atoms with Crippen molar-refractivity contribution < 1.29 is 9.47 Å². The first-order valence-electron chi connectivity index (χ1n) is 8.87. The van der Waals surface area contributed by atoms with Crippen molar-refractivity contribution in [3.8, 4) is 0 Å². The molecule has 0 atom stereocenters. The Kier molecular flexibility index (Phi) is 6.56. The van der Waals surface area contributed by atoms with Gasteiger partial charge in [-0.15, -0.1) is 0 Å². The normalized spacial score (nSPS) is 15.8. The third-order valence-corrected chi connectivity index (χ3v) is 5.34. The lowest BCUT2D eigenvalue weighted by atomic mass is 10.00. The highest BCUT2D eigenvalue weighted by Gasteiger charge is 2.19. The number of aromatic nitrogens is 3. The smallest absolute Gasteiger partial charge is 0.147 e. The van der Waals surface area contributed by atoms with Gasteiger partial charge in [-0.2, -0.15) is 11.8 Å².